The van der Waals surface area contributed by atoms with Crippen molar-refractivity contribution in [1.29, 1.82) is 0 Å². The minimum Gasteiger partial charge on any atom is -0.481 e. The molecule has 92 valence electrons. The number of aromatic carboxylic acids is 1. The topological polar surface area (TPSA) is 90.7 Å². The number of carboxylic acid groups (broad SMARTS) is 2. The molecule has 1 aromatic rings. The Hall–Kier alpha value is -1.82. The molecule has 17 heavy (non-hydrogen) atoms. The molecule has 0 amide bonds. The van der Waals surface area contributed by atoms with Crippen molar-refractivity contribution < 1.29 is 19.8 Å². The Morgan fingerprint density at radius 2 is 2.12 bits per heavy atom. The summed E-state index contributed by atoms with van der Waals surface area (Å²) in [6.45, 7) is 0.245. The number of rotatable bonds is 5. The van der Waals surface area contributed by atoms with E-state index in [-0.39, 0.29) is 23.6 Å². The molecule has 0 spiro atoms. The highest BCUT2D eigenvalue weighted by Crippen LogP contribution is 2.23. The number of nitrogens with zero attached hydrogens (tertiary/aromatic N) is 2. The first-order valence-corrected chi connectivity index (χ1v) is 5.11. The van der Waals surface area contributed by atoms with Gasteiger partial charge < -0.3 is 15.1 Å². The van der Waals surface area contributed by atoms with Crippen LogP contribution in [0.3, 0.4) is 0 Å². The van der Waals surface area contributed by atoms with Crippen molar-refractivity contribution in [2.75, 3.05) is 18.5 Å². The fraction of sp³-hybridized carbons (Fsp3) is 0.300. The van der Waals surface area contributed by atoms with Crippen LogP contribution in [0.5, 0.6) is 0 Å². The minimum absolute atomic E-state index is 0.00890. The maximum absolute atomic E-state index is 10.7. The van der Waals surface area contributed by atoms with Gasteiger partial charge in [-0.25, -0.2) is 9.78 Å². The summed E-state index contributed by atoms with van der Waals surface area (Å²) in [4.78, 5) is 26.5. The predicted molar refractivity (Wildman–Crippen MR) is 61.7 cm³/mol. The van der Waals surface area contributed by atoms with Gasteiger partial charge in [-0.15, -0.1) is 0 Å². The van der Waals surface area contributed by atoms with E-state index in [9.17, 15) is 9.59 Å². The lowest BCUT2D eigenvalue weighted by Gasteiger charge is -2.18. The van der Waals surface area contributed by atoms with E-state index in [4.69, 9.17) is 21.8 Å². The first-order chi connectivity index (χ1) is 7.91. The van der Waals surface area contributed by atoms with Crippen LogP contribution in [0.15, 0.2) is 12.3 Å². The van der Waals surface area contributed by atoms with E-state index in [0.717, 1.165) is 0 Å². The zero-order valence-corrected chi connectivity index (χ0v) is 9.81. The number of aliphatic carboxylic acids is 1. The lowest BCUT2D eigenvalue weighted by molar-refractivity contribution is -0.136. The zero-order valence-electron chi connectivity index (χ0n) is 9.05. The number of anilines is 1. The van der Waals surface area contributed by atoms with E-state index in [1.54, 1.807) is 11.9 Å². The quantitative estimate of drug-likeness (QED) is 0.828. The van der Waals surface area contributed by atoms with Crippen LogP contribution in [0.1, 0.15) is 16.8 Å². The maximum Gasteiger partial charge on any atom is 0.337 e. The summed E-state index contributed by atoms with van der Waals surface area (Å²) in [5, 5.41) is 17.4. The van der Waals surface area contributed by atoms with Crippen LogP contribution in [0.4, 0.5) is 5.82 Å². The maximum atomic E-state index is 10.7. The molecule has 0 aliphatic heterocycles. The minimum atomic E-state index is -1.11. The number of carboxylic acids is 2. The first-order valence-electron chi connectivity index (χ1n) is 4.73. The second-order valence-electron chi connectivity index (χ2n) is 3.40. The number of pyridine rings is 1. The summed E-state index contributed by atoms with van der Waals surface area (Å²) in [7, 11) is 1.64. The molecule has 2 N–H and O–H groups in total. The standard InChI is InChI=1S/C10H11ClN2O4/c1-13(3-2-8(14)15)9-7(11)4-6(5-12-9)10(16)17/h4-5H,2-3H2,1H3,(H,14,15)(H,16,17). The van der Waals surface area contributed by atoms with Gasteiger partial charge >= 0.3 is 11.9 Å². The second kappa shape index (κ2) is 5.49. The van der Waals surface area contributed by atoms with Gasteiger partial charge in [0.15, 0.2) is 0 Å². The third-order valence-corrected chi connectivity index (χ3v) is 2.37. The fourth-order valence-corrected chi connectivity index (χ4v) is 1.51. The number of halogens is 1. The van der Waals surface area contributed by atoms with Crippen LogP contribution in [0.2, 0.25) is 5.02 Å². The summed E-state index contributed by atoms with van der Waals surface area (Å²) < 4.78 is 0. The highest BCUT2D eigenvalue weighted by molar-refractivity contribution is 6.33. The van der Waals surface area contributed by atoms with Gasteiger partial charge in [0.05, 0.1) is 17.0 Å². The summed E-state index contributed by atoms with van der Waals surface area (Å²) >= 11 is 5.87. The molecule has 0 atom stereocenters. The molecule has 0 saturated heterocycles. The van der Waals surface area contributed by atoms with Crippen LogP contribution in [-0.2, 0) is 4.79 Å². The predicted octanol–water partition coefficient (Wildman–Crippen LogP) is 1.34. The van der Waals surface area contributed by atoms with Crippen molar-refractivity contribution >= 4 is 29.4 Å². The van der Waals surface area contributed by atoms with Crippen LogP contribution in [0, 0.1) is 0 Å². The van der Waals surface area contributed by atoms with Gasteiger partial charge in [-0.3, -0.25) is 4.79 Å². The Morgan fingerprint density at radius 3 is 2.59 bits per heavy atom. The van der Waals surface area contributed by atoms with E-state index in [1.165, 1.54) is 12.3 Å². The van der Waals surface area contributed by atoms with E-state index in [0.29, 0.717) is 5.82 Å². The van der Waals surface area contributed by atoms with E-state index in [1.807, 2.05) is 0 Å². The molecule has 1 heterocycles. The highest BCUT2D eigenvalue weighted by Gasteiger charge is 2.12. The monoisotopic (exact) mass is 258 g/mol. The zero-order chi connectivity index (χ0) is 13.0. The molecule has 0 unspecified atom stereocenters. The van der Waals surface area contributed by atoms with Crippen molar-refractivity contribution in [2.45, 2.75) is 6.42 Å². The van der Waals surface area contributed by atoms with Crippen LogP contribution in [-0.4, -0.2) is 40.7 Å². The van der Waals surface area contributed by atoms with Gasteiger partial charge in [-0.05, 0) is 6.07 Å². The molecule has 0 saturated carbocycles. The average molecular weight is 259 g/mol. The average Bonchev–Trinajstić information content (AvgIpc) is 2.25. The number of hydrogen-bond donors (Lipinski definition) is 2. The SMILES string of the molecule is CN(CCC(=O)O)c1ncc(C(=O)O)cc1Cl. The number of carbonyl (C=O) groups is 2. The largest absolute Gasteiger partial charge is 0.481 e. The molecule has 0 aromatic carbocycles. The van der Waals surface area contributed by atoms with Crippen LogP contribution in [0.25, 0.3) is 0 Å². The van der Waals surface area contributed by atoms with E-state index < -0.39 is 11.9 Å². The number of aromatic nitrogens is 1. The Morgan fingerprint density at radius 1 is 1.47 bits per heavy atom. The molecule has 1 aromatic heterocycles. The molecular formula is C10H11ClN2O4. The summed E-state index contributed by atoms with van der Waals surface area (Å²) in [6.07, 6.45) is 1.13. The van der Waals surface area contributed by atoms with Crippen molar-refractivity contribution in [1.82, 2.24) is 4.98 Å². The number of hydrogen-bond acceptors (Lipinski definition) is 4. The van der Waals surface area contributed by atoms with Gasteiger partial charge in [-0.1, -0.05) is 11.6 Å². The van der Waals surface area contributed by atoms with Gasteiger partial charge in [0, 0.05) is 19.8 Å². The highest BCUT2D eigenvalue weighted by atomic mass is 35.5. The summed E-state index contributed by atoms with van der Waals surface area (Å²) in [5.74, 6) is -1.67. The van der Waals surface area contributed by atoms with Gasteiger partial charge in [0.2, 0.25) is 0 Å². The third kappa shape index (κ3) is 3.60. The van der Waals surface area contributed by atoms with Crippen molar-refractivity contribution in [3.05, 3.63) is 22.8 Å². The van der Waals surface area contributed by atoms with Gasteiger partial charge in [0.25, 0.3) is 0 Å². The summed E-state index contributed by atoms with van der Waals surface area (Å²) in [6, 6.07) is 1.28. The Kier molecular flexibility index (Phi) is 4.28. The van der Waals surface area contributed by atoms with E-state index >= 15 is 0 Å². The lowest BCUT2D eigenvalue weighted by Crippen LogP contribution is -2.22. The molecule has 0 aliphatic carbocycles. The normalized spacial score (nSPS) is 10.0. The van der Waals surface area contributed by atoms with Gasteiger partial charge in [-0.2, -0.15) is 0 Å². The Bertz CT molecular complexity index is 450. The summed E-state index contributed by atoms with van der Waals surface area (Å²) in [5.41, 5.74) is -0.00890. The lowest BCUT2D eigenvalue weighted by atomic mass is 10.3. The van der Waals surface area contributed by atoms with Crippen molar-refractivity contribution in [3.8, 4) is 0 Å². The molecule has 7 heteroatoms. The van der Waals surface area contributed by atoms with Crippen molar-refractivity contribution in [2.24, 2.45) is 0 Å². The molecule has 0 aliphatic rings. The molecular weight excluding hydrogens is 248 g/mol. The van der Waals surface area contributed by atoms with E-state index in [2.05, 4.69) is 4.98 Å². The smallest absolute Gasteiger partial charge is 0.337 e. The molecule has 1 rings (SSSR count). The van der Waals surface area contributed by atoms with Crippen molar-refractivity contribution in [3.63, 3.8) is 0 Å². The molecule has 0 radical (unpaired) electrons. The Balaban J connectivity index is 2.84. The molecule has 0 bridgehead atoms. The second-order valence-corrected chi connectivity index (χ2v) is 3.81. The van der Waals surface area contributed by atoms with Crippen LogP contribution >= 0.6 is 11.6 Å². The first kappa shape index (κ1) is 13.2. The molecule has 6 nitrogen and oxygen atoms in total. The third-order valence-electron chi connectivity index (χ3n) is 2.09. The Labute approximate surface area is 102 Å². The molecule has 0 fully saturated rings. The fourth-order valence-electron chi connectivity index (χ4n) is 1.20. The van der Waals surface area contributed by atoms with Gasteiger partial charge in [0.1, 0.15) is 5.82 Å². The van der Waals surface area contributed by atoms with Crippen LogP contribution < -0.4 is 4.90 Å².